The summed E-state index contributed by atoms with van der Waals surface area (Å²) >= 11 is 2.06. The predicted octanol–water partition coefficient (Wildman–Crippen LogP) is 2.70. The van der Waals surface area contributed by atoms with E-state index in [1.807, 2.05) is 20.2 Å². The average Bonchev–Trinajstić information content (AvgIpc) is 3.10. The van der Waals surface area contributed by atoms with Crippen molar-refractivity contribution in [3.63, 3.8) is 0 Å². The van der Waals surface area contributed by atoms with E-state index in [1.54, 1.807) is 6.20 Å². The summed E-state index contributed by atoms with van der Waals surface area (Å²) in [7, 11) is 0. The second-order valence-electron chi connectivity index (χ2n) is 5.19. The molecule has 0 unspecified atom stereocenters. The van der Waals surface area contributed by atoms with E-state index in [0.717, 1.165) is 11.4 Å². The van der Waals surface area contributed by atoms with Gasteiger partial charge in [-0.25, -0.2) is 9.97 Å². The average molecular weight is 370 g/mol. The van der Waals surface area contributed by atoms with E-state index in [-0.39, 0.29) is 11.5 Å². The van der Waals surface area contributed by atoms with Crippen LogP contribution in [-0.4, -0.2) is 19.5 Å². The second-order valence-corrected chi connectivity index (χ2v) is 6.26. The number of hydrogen-bond donors (Lipinski definition) is 1. The normalized spacial score (nSPS) is 15.2. The number of aromatic nitrogens is 4. The van der Waals surface area contributed by atoms with Crippen LogP contribution in [0, 0.1) is 3.57 Å². The number of rotatable bonds is 3. The molecule has 1 N–H and O–H groups in total. The highest BCUT2D eigenvalue weighted by molar-refractivity contribution is 14.1. The Hall–Kier alpha value is -1.18. The first-order chi connectivity index (χ1) is 9.08. The Labute approximate surface area is 124 Å². The van der Waals surface area contributed by atoms with Crippen LogP contribution in [0.25, 0.3) is 11.5 Å². The van der Waals surface area contributed by atoms with Crippen molar-refractivity contribution in [2.75, 3.05) is 0 Å². The van der Waals surface area contributed by atoms with Crippen molar-refractivity contribution in [1.82, 2.24) is 19.5 Å². The zero-order valence-electron chi connectivity index (χ0n) is 10.9. The van der Waals surface area contributed by atoms with E-state index in [4.69, 9.17) is 0 Å². The van der Waals surface area contributed by atoms with Gasteiger partial charge in [-0.2, -0.15) is 0 Å². The maximum atomic E-state index is 12.0. The first kappa shape index (κ1) is 12.8. The van der Waals surface area contributed by atoms with Crippen LogP contribution in [0.15, 0.2) is 17.3 Å². The van der Waals surface area contributed by atoms with Gasteiger partial charge in [0, 0.05) is 6.04 Å². The molecule has 0 amide bonds. The first-order valence-corrected chi connectivity index (χ1v) is 7.47. The molecule has 1 fully saturated rings. The number of nitrogens with one attached hydrogen (secondary N) is 1. The number of aromatic amines is 1. The van der Waals surface area contributed by atoms with Gasteiger partial charge in [0.15, 0.2) is 5.82 Å². The van der Waals surface area contributed by atoms with Gasteiger partial charge >= 0.3 is 0 Å². The van der Waals surface area contributed by atoms with Gasteiger partial charge < -0.3 is 9.55 Å². The highest BCUT2D eigenvalue weighted by atomic mass is 127. The van der Waals surface area contributed by atoms with Gasteiger partial charge in [-0.1, -0.05) is 13.8 Å². The molecule has 0 radical (unpaired) electrons. The van der Waals surface area contributed by atoms with E-state index in [0.29, 0.717) is 15.4 Å². The van der Waals surface area contributed by atoms with Crippen molar-refractivity contribution in [3.8, 4) is 11.5 Å². The number of nitrogens with zero attached hydrogens (tertiary/aromatic N) is 3. The van der Waals surface area contributed by atoms with Gasteiger partial charge in [0.2, 0.25) is 0 Å². The van der Waals surface area contributed by atoms with E-state index in [9.17, 15) is 4.79 Å². The number of halogens is 1. The molecule has 0 aliphatic heterocycles. The van der Waals surface area contributed by atoms with Gasteiger partial charge in [0.25, 0.3) is 5.56 Å². The lowest BCUT2D eigenvalue weighted by Gasteiger charge is -2.10. The van der Waals surface area contributed by atoms with Gasteiger partial charge in [-0.05, 0) is 41.4 Å². The molecule has 100 valence electrons. The molecule has 0 bridgehead atoms. The molecule has 1 saturated carbocycles. The van der Waals surface area contributed by atoms with Crippen molar-refractivity contribution in [2.45, 2.75) is 38.6 Å². The summed E-state index contributed by atoms with van der Waals surface area (Å²) in [5, 5.41) is 0. The number of H-pyrrole nitrogens is 1. The van der Waals surface area contributed by atoms with Gasteiger partial charge in [0.05, 0.1) is 21.8 Å². The van der Waals surface area contributed by atoms with Crippen molar-refractivity contribution in [3.05, 3.63) is 32.1 Å². The summed E-state index contributed by atoms with van der Waals surface area (Å²) in [6.45, 7) is 4.10. The lowest BCUT2D eigenvalue weighted by molar-refractivity contribution is 0.737. The van der Waals surface area contributed by atoms with Crippen molar-refractivity contribution >= 4 is 22.6 Å². The third-order valence-electron chi connectivity index (χ3n) is 3.28. The smallest absolute Gasteiger partial charge is 0.264 e. The quantitative estimate of drug-likeness (QED) is 0.846. The maximum absolute atomic E-state index is 12.0. The molecule has 0 aromatic carbocycles. The largest absolute Gasteiger partial charge is 0.325 e. The summed E-state index contributed by atoms with van der Waals surface area (Å²) < 4.78 is 2.78. The molecule has 2 heterocycles. The Morgan fingerprint density at radius 3 is 2.84 bits per heavy atom. The van der Waals surface area contributed by atoms with E-state index in [2.05, 4.69) is 42.1 Å². The summed E-state index contributed by atoms with van der Waals surface area (Å²) in [6, 6.07) is 0.518. The predicted molar refractivity (Wildman–Crippen MR) is 81.2 cm³/mol. The Balaban J connectivity index is 2.14. The van der Waals surface area contributed by atoms with Gasteiger partial charge in [-0.15, -0.1) is 0 Å². The Morgan fingerprint density at radius 1 is 1.47 bits per heavy atom. The van der Waals surface area contributed by atoms with E-state index >= 15 is 0 Å². The zero-order chi connectivity index (χ0) is 13.6. The summed E-state index contributed by atoms with van der Waals surface area (Å²) in [6.07, 6.45) is 5.94. The first-order valence-electron chi connectivity index (χ1n) is 6.40. The van der Waals surface area contributed by atoms with Crippen LogP contribution < -0.4 is 5.56 Å². The highest BCUT2D eigenvalue weighted by Gasteiger charge is 2.26. The summed E-state index contributed by atoms with van der Waals surface area (Å²) in [5.74, 6) is 0.851. The van der Waals surface area contributed by atoms with E-state index in [1.165, 1.54) is 12.8 Å². The third-order valence-corrected chi connectivity index (χ3v) is 4.33. The van der Waals surface area contributed by atoms with E-state index < -0.39 is 0 Å². The van der Waals surface area contributed by atoms with Crippen LogP contribution >= 0.6 is 22.6 Å². The van der Waals surface area contributed by atoms with Crippen LogP contribution in [0.3, 0.4) is 0 Å². The van der Waals surface area contributed by atoms with Gasteiger partial charge in [-0.3, -0.25) is 4.79 Å². The van der Waals surface area contributed by atoms with Crippen LogP contribution in [0.2, 0.25) is 0 Å². The fourth-order valence-electron chi connectivity index (χ4n) is 2.11. The van der Waals surface area contributed by atoms with Crippen molar-refractivity contribution in [1.29, 1.82) is 0 Å². The molecule has 5 nitrogen and oxygen atoms in total. The lowest BCUT2D eigenvalue weighted by Crippen LogP contribution is -2.18. The Morgan fingerprint density at radius 2 is 2.21 bits per heavy atom. The minimum Gasteiger partial charge on any atom is -0.325 e. The number of imidazole rings is 1. The molecule has 2 aromatic heterocycles. The maximum Gasteiger partial charge on any atom is 0.264 e. The molecule has 0 spiro atoms. The van der Waals surface area contributed by atoms with Crippen LogP contribution in [-0.2, 0) is 0 Å². The highest BCUT2D eigenvalue weighted by Crippen LogP contribution is 2.37. The molecule has 0 atom stereocenters. The number of hydrogen-bond acceptors (Lipinski definition) is 3. The molecule has 6 heteroatoms. The SMILES string of the molecule is CC(C)c1nc(-c2cncn2C2CC2)[nH]c(=O)c1I. The summed E-state index contributed by atoms with van der Waals surface area (Å²) in [5.41, 5.74) is 1.68. The third kappa shape index (κ3) is 2.33. The molecule has 1 aliphatic rings. The zero-order valence-corrected chi connectivity index (χ0v) is 13.0. The molecular weight excluding hydrogens is 355 g/mol. The Kier molecular flexibility index (Phi) is 3.20. The molecule has 3 rings (SSSR count). The molecule has 19 heavy (non-hydrogen) atoms. The topological polar surface area (TPSA) is 63.6 Å². The van der Waals surface area contributed by atoms with Crippen molar-refractivity contribution in [2.24, 2.45) is 0 Å². The molecule has 0 saturated heterocycles. The standard InChI is InChI=1S/C13H15IN4O/c1-7(2)11-10(14)13(19)17-12(16-11)9-5-15-6-18(9)8-3-4-8/h5-8H,3-4H2,1-2H3,(H,16,17,19). The fraction of sp³-hybridized carbons (Fsp3) is 0.462. The van der Waals surface area contributed by atoms with Crippen LogP contribution in [0.5, 0.6) is 0 Å². The molecule has 2 aromatic rings. The second kappa shape index (κ2) is 4.73. The Bertz CT molecular complexity index is 670. The van der Waals surface area contributed by atoms with Crippen molar-refractivity contribution < 1.29 is 0 Å². The minimum absolute atomic E-state index is 0.0714. The van der Waals surface area contributed by atoms with Gasteiger partial charge in [0.1, 0.15) is 5.69 Å². The lowest BCUT2D eigenvalue weighted by atomic mass is 10.1. The molecule has 1 aliphatic carbocycles. The summed E-state index contributed by atoms with van der Waals surface area (Å²) in [4.78, 5) is 23.7. The molecular formula is C13H15IN4O. The van der Waals surface area contributed by atoms with Crippen LogP contribution in [0.1, 0.15) is 44.3 Å². The minimum atomic E-state index is -0.0714. The fourth-order valence-corrected chi connectivity index (χ4v) is 2.99. The monoisotopic (exact) mass is 370 g/mol. The van der Waals surface area contributed by atoms with Crippen LogP contribution in [0.4, 0.5) is 0 Å².